The van der Waals surface area contributed by atoms with Gasteiger partial charge < -0.3 is 10.5 Å². The number of sulfonamides is 1. The maximum absolute atomic E-state index is 12.8. The number of hydrogen-bond donors (Lipinski definition) is 1. The van der Waals surface area contributed by atoms with E-state index in [9.17, 15) is 8.42 Å². The van der Waals surface area contributed by atoms with Crippen LogP contribution in [0.3, 0.4) is 0 Å². The van der Waals surface area contributed by atoms with Crippen LogP contribution in [-0.2, 0) is 23.7 Å². The third kappa shape index (κ3) is 4.98. The van der Waals surface area contributed by atoms with E-state index in [1.165, 1.54) is 6.33 Å². The van der Waals surface area contributed by atoms with E-state index in [1.807, 2.05) is 6.92 Å². The molecule has 2 N–H and O–H groups in total. The van der Waals surface area contributed by atoms with E-state index in [-0.39, 0.29) is 30.0 Å². The molecule has 150 valence electrons. The number of rotatable bonds is 6. The molecule has 10 heteroatoms. The Labute approximate surface area is 166 Å². The number of halogens is 1. The Morgan fingerprint density at radius 1 is 1.26 bits per heavy atom. The largest absolute Gasteiger partial charge is 0.486 e. The van der Waals surface area contributed by atoms with E-state index < -0.39 is 10.0 Å². The molecule has 0 spiro atoms. The molecule has 0 saturated carbocycles. The lowest BCUT2D eigenvalue weighted by atomic mass is 9.92. The van der Waals surface area contributed by atoms with Crippen molar-refractivity contribution < 1.29 is 13.2 Å². The number of nitrogens with two attached hydrogens (primary N) is 1. The molecular formula is C17H26ClN5O3S. The van der Waals surface area contributed by atoms with Crippen molar-refractivity contribution in [3.8, 4) is 5.75 Å². The summed E-state index contributed by atoms with van der Waals surface area (Å²) in [4.78, 5) is 4.36. The summed E-state index contributed by atoms with van der Waals surface area (Å²) in [7, 11) is -1.69. The van der Waals surface area contributed by atoms with Gasteiger partial charge in [0.25, 0.3) is 0 Å². The van der Waals surface area contributed by atoms with Crippen LogP contribution in [0.15, 0.2) is 35.5 Å². The summed E-state index contributed by atoms with van der Waals surface area (Å²) in [5.74, 6) is 1.67. The maximum Gasteiger partial charge on any atom is 0.243 e. The minimum atomic E-state index is -3.48. The Morgan fingerprint density at radius 3 is 2.41 bits per heavy atom. The number of benzene rings is 1. The van der Waals surface area contributed by atoms with Gasteiger partial charge in [0.15, 0.2) is 5.82 Å². The van der Waals surface area contributed by atoms with Crippen molar-refractivity contribution >= 4 is 22.4 Å². The van der Waals surface area contributed by atoms with Gasteiger partial charge in [0.2, 0.25) is 10.0 Å². The predicted molar refractivity (Wildman–Crippen MR) is 104 cm³/mol. The number of aryl methyl sites for hydroxylation is 1. The van der Waals surface area contributed by atoms with Crippen molar-refractivity contribution in [3.63, 3.8) is 0 Å². The summed E-state index contributed by atoms with van der Waals surface area (Å²) in [5, 5.41) is 3.98. The molecule has 8 nitrogen and oxygen atoms in total. The number of hydrogen-bond acceptors (Lipinski definition) is 6. The average Bonchev–Trinajstić information content (AvgIpc) is 3.05. The quantitative estimate of drug-likeness (QED) is 0.767. The minimum absolute atomic E-state index is 0. The zero-order valence-corrected chi connectivity index (χ0v) is 17.1. The van der Waals surface area contributed by atoms with E-state index >= 15 is 0 Å². The lowest BCUT2D eigenvalue weighted by Gasteiger charge is -2.32. The molecule has 1 aromatic heterocycles. The average molecular weight is 416 g/mol. The number of aromatic nitrogens is 3. The van der Waals surface area contributed by atoms with Crippen LogP contribution in [0, 0.1) is 5.92 Å². The Balaban J connectivity index is 0.00000261. The molecule has 27 heavy (non-hydrogen) atoms. The molecule has 3 rings (SSSR count). The van der Waals surface area contributed by atoms with Crippen LogP contribution in [0.4, 0.5) is 0 Å². The van der Waals surface area contributed by atoms with Crippen LogP contribution in [0.2, 0.25) is 0 Å². The summed E-state index contributed by atoms with van der Waals surface area (Å²) in [6.45, 7) is 3.28. The first kappa shape index (κ1) is 21.6. The van der Waals surface area contributed by atoms with Crippen molar-refractivity contribution in [1.29, 1.82) is 0 Å². The molecule has 1 unspecified atom stereocenters. The first-order valence-corrected chi connectivity index (χ1v) is 10.1. The Morgan fingerprint density at radius 2 is 1.89 bits per heavy atom. The zero-order valence-electron chi connectivity index (χ0n) is 15.5. The highest BCUT2D eigenvalue weighted by Gasteiger charge is 2.30. The van der Waals surface area contributed by atoms with Crippen LogP contribution in [0.25, 0.3) is 0 Å². The SMILES string of the molecule is CC(N)C1CCN(S(=O)(=O)c2ccc(OCc3ncnn3C)cc2)CC1.Cl. The van der Waals surface area contributed by atoms with Gasteiger partial charge in [0.05, 0.1) is 4.90 Å². The van der Waals surface area contributed by atoms with Crippen molar-refractivity contribution in [2.75, 3.05) is 13.1 Å². The minimum Gasteiger partial charge on any atom is -0.486 e. The standard InChI is InChI=1S/C17H25N5O3S.ClH/c1-13(18)14-7-9-22(10-8-14)26(23,24)16-5-3-15(4-6-16)25-11-17-19-12-20-21(17)2;/h3-6,12-14H,7-11,18H2,1-2H3;1H. The molecule has 0 radical (unpaired) electrons. The third-order valence-corrected chi connectivity index (χ3v) is 6.79. The first-order chi connectivity index (χ1) is 12.4. The summed E-state index contributed by atoms with van der Waals surface area (Å²) in [6, 6.07) is 6.60. The fourth-order valence-electron chi connectivity index (χ4n) is 3.10. The van der Waals surface area contributed by atoms with Gasteiger partial charge in [-0.25, -0.2) is 13.4 Å². The van der Waals surface area contributed by atoms with E-state index in [4.69, 9.17) is 10.5 Å². The van der Waals surface area contributed by atoms with Crippen LogP contribution in [0.5, 0.6) is 5.75 Å². The second-order valence-electron chi connectivity index (χ2n) is 6.66. The van der Waals surface area contributed by atoms with Crippen molar-refractivity contribution in [2.24, 2.45) is 18.7 Å². The van der Waals surface area contributed by atoms with Crippen LogP contribution in [0.1, 0.15) is 25.6 Å². The van der Waals surface area contributed by atoms with Gasteiger partial charge in [-0.15, -0.1) is 12.4 Å². The lowest BCUT2D eigenvalue weighted by molar-refractivity contribution is 0.250. The van der Waals surface area contributed by atoms with Crippen LogP contribution < -0.4 is 10.5 Å². The van der Waals surface area contributed by atoms with Crippen molar-refractivity contribution in [1.82, 2.24) is 19.1 Å². The van der Waals surface area contributed by atoms with Crippen LogP contribution >= 0.6 is 12.4 Å². The fourth-order valence-corrected chi connectivity index (χ4v) is 4.57. The summed E-state index contributed by atoms with van der Waals surface area (Å²) in [5.41, 5.74) is 5.93. The second-order valence-corrected chi connectivity index (χ2v) is 8.60. The zero-order chi connectivity index (χ0) is 18.7. The molecule has 1 saturated heterocycles. The smallest absolute Gasteiger partial charge is 0.243 e. The van der Waals surface area contributed by atoms with E-state index in [0.29, 0.717) is 30.6 Å². The molecule has 2 aromatic rings. The molecule has 1 fully saturated rings. The van der Waals surface area contributed by atoms with Gasteiger partial charge in [-0.1, -0.05) is 0 Å². The van der Waals surface area contributed by atoms with Gasteiger partial charge in [0, 0.05) is 26.2 Å². The van der Waals surface area contributed by atoms with Gasteiger partial charge >= 0.3 is 0 Å². The van der Waals surface area contributed by atoms with Crippen molar-refractivity contribution in [3.05, 3.63) is 36.4 Å². The molecule has 1 aliphatic heterocycles. The fraction of sp³-hybridized carbons (Fsp3) is 0.529. The van der Waals surface area contributed by atoms with Gasteiger partial charge in [-0.2, -0.15) is 9.40 Å². The molecule has 1 aliphatic rings. The molecular weight excluding hydrogens is 390 g/mol. The van der Waals surface area contributed by atoms with Gasteiger partial charge in [0.1, 0.15) is 18.7 Å². The Bertz CT molecular complexity index is 831. The molecule has 0 amide bonds. The monoisotopic (exact) mass is 415 g/mol. The summed E-state index contributed by atoms with van der Waals surface area (Å²) in [6.07, 6.45) is 3.06. The molecule has 1 atom stereocenters. The molecule has 0 bridgehead atoms. The number of piperidine rings is 1. The molecule has 1 aromatic carbocycles. The summed E-state index contributed by atoms with van der Waals surface area (Å²) >= 11 is 0. The molecule has 2 heterocycles. The lowest BCUT2D eigenvalue weighted by Crippen LogP contribution is -2.42. The van der Waals surface area contributed by atoms with E-state index in [0.717, 1.165) is 12.8 Å². The maximum atomic E-state index is 12.8. The Hall–Kier alpha value is -1.68. The van der Waals surface area contributed by atoms with Crippen molar-refractivity contribution in [2.45, 2.75) is 37.3 Å². The Kier molecular flexibility index (Phi) is 7.21. The summed E-state index contributed by atoms with van der Waals surface area (Å²) < 4.78 is 34.4. The molecule has 0 aliphatic carbocycles. The highest BCUT2D eigenvalue weighted by atomic mass is 35.5. The van der Waals surface area contributed by atoms with Gasteiger partial charge in [-0.3, -0.25) is 4.68 Å². The second kappa shape index (κ2) is 9.01. The third-order valence-electron chi connectivity index (χ3n) is 4.88. The van der Waals surface area contributed by atoms with E-state index in [2.05, 4.69) is 10.1 Å². The first-order valence-electron chi connectivity index (χ1n) is 8.69. The topological polar surface area (TPSA) is 103 Å². The van der Waals surface area contributed by atoms with E-state index in [1.54, 1.807) is 40.3 Å². The predicted octanol–water partition coefficient (Wildman–Crippen LogP) is 1.56. The van der Waals surface area contributed by atoms with Crippen LogP contribution in [-0.4, -0.2) is 46.6 Å². The highest BCUT2D eigenvalue weighted by Crippen LogP contribution is 2.26. The highest BCUT2D eigenvalue weighted by molar-refractivity contribution is 7.89. The van der Waals surface area contributed by atoms with Gasteiger partial charge in [-0.05, 0) is 49.9 Å². The number of nitrogens with zero attached hydrogens (tertiary/aromatic N) is 4. The number of ether oxygens (including phenoxy) is 1. The normalized spacial score (nSPS) is 17.3.